The van der Waals surface area contributed by atoms with Crippen LogP contribution in [0.25, 0.3) is 10.9 Å². The van der Waals surface area contributed by atoms with Gasteiger partial charge in [0.25, 0.3) is 0 Å². The summed E-state index contributed by atoms with van der Waals surface area (Å²) in [6.07, 6.45) is 15.4. The van der Waals surface area contributed by atoms with Crippen LogP contribution < -0.4 is 0 Å². The van der Waals surface area contributed by atoms with Gasteiger partial charge in [-0.25, -0.2) is 0 Å². The number of para-hydroxylation sites is 1. The smallest absolute Gasteiger partial charge is 0.0458 e. The largest absolute Gasteiger partial charge is 0.358 e. The van der Waals surface area contributed by atoms with E-state index < -0.39 is 0 Å². The summed E-state index contributed by atoms with van der Waals surface area (Å²) in [6.45, 7) is 8.43. The summed E-state index contributed by atoms with van der Waals surface area (Å²) in [5, 5.41) is 1.38. The second kappa shape index (κ2) is 9.39. The Bertz CT molecular complexity index is 632. The fourth-order valence-electron chi connectivity index (χ4n) is 3.45. The number of fused-ring (bicyclic) bond motifs is 1. The molecule has 0 fully saturated rings. The van der Waals surface area contributed by atoms with E-state index in [0.717, 1.165) is 12.8 Å². The molecule has 0 saturated heterocycles. The first-order chi connectivity index (χ1) is 11.3. The molecular weight excluding hydrogens is 278 g/mol. The molecule has 0 amide bonds. The summed E-state index contributed by atoms with van der Waals surface area (Å²) in [4.78, 5) is 3.54. The van der Waals surface area contributed by atoms with E-state index in [1.165, 1.54) is 54.3 Å². The van der Waals surface area contributed by atoms with Crippen LogP contribution >= 0.6 is 0 Å². The summed E-state index contributed by atoms with van der Waals surface area (Å²) in [7, 11) is 0. The molecule has 0 radical (unpaired) electrons. The molecule has 2 rings (SSSR count). The van der Waals surface area contributed by atoms with Gasteiger partial charge in [-0.2, -0.15) is 0 Å². The van der Waals surface area contributed by atoms with Crippen molar-refractivity contribution in [2.45, 2.75) is 64.7 Å². The lowest BCUT2D eigenvalue weighted by Crippen LogP contribution is -1.99. The molecule has 23 heavy (non-hydrogen) atoms. The molecule has 0 spiro atoms. The maximum Gasteiger partial charge on any atom is 0.0458 e. The van der Waals surface area contributed by atoms with Crippen LogP contribution in [-0.2, 0) is 0 Å². The van der Waals surface area contributed by atoms with E-state index >= 15 is 0 Å². The van der Waals surface area contributed by atoms with E-state index in [2.05, 4.69) is 67.9 Å². The van der Waals surface area contributed by atoms with Crippen LogP contribution in [0.3, 0.4) is 0 Å². The van der Waals surface area contributed by atoms with E-state index in [0.29, 0.717) is 5.92 Å². The Labute approximate surface area is 141 Å². The number of unbranched alkanes of at least 4 members (excludes halogenated alkanes) is 3. The molecule has 0 aliphatic rings. The van der Waals surface area contributed by atoms with Crippen LogP contribution in [0.1, 0.15) is 69.0 Å². The van der Waals surface area contributed by atoms with Crippen LogP contribution in [0, 0.1) is 6.92 Å². The van der Waals surface area contributed by atoms with Crippen molar-refractivity contribution in [3.8, 4) is 0 Å². The van der Waals surface area contributed by atoms with Crippen LogP contribution in [0.15, 0.2) is 49.1 Å². The predicted octanol–water partition coefficient (Wildman–Crippen LogP) is 7.05. The number of hydrogen-bond donors (Lipinski definition) is 1. The van der Waals surface area contributed by atoms with E-state index in [1.54, 1.807) is 0 Å². The van der Waals surface area contributed by atoms with Gasteiger partial charge in [-0.3, -0.25) is 0 Å². The van der Waals surface area contributed by atoms with Crippen molar-refractivity contribution in [1.82, 2.24) is 4.98 Å². The van der Waals surface area contributed by atoms with Crippen LogP contribution in [-0.4, -0.2) is 4.98 Å². The molecule has 1 atom stereocenters. The van der Waals surface area contributed by atoms with Crippen LogP contribution in [0.2, 0.25) is 0 Å². The van der Waals surface area contributed by atoms with E-state index in [4.69, 9.17) is 0 Å². The molecule has 1 aromatic heterocycles. The van der Waals surface area contributed by atoms with Gasteiger partial charge in [0.05, 0.1) is 0 Å². The Balaban J connectivity index is 2.03. The maximum absolute atomic E-state index is 3.97. The number of rotatable bonds is 10. The molecule has 0 aliphatic heterocycles. The molecule has 1 aromatic carbocycles. The minimum Gasteiger partial charge on any atom is -0.358 e. The van der Waals surface area contributed by atoms with Crippen molar-refractivity contribution < 1.29 is 0 Å². The van der Waals surface area contributed by atoms with Crippen molar-refractivity contribution in [2.75, 3.05) is 0 Å². The third-order valence-corrected chi connectivity index (χ3v) is 4.63. The molecule has 0 aliphatic carbocycles. The van der Waals surface area contributed by atoms with E-state index in [-0.39, 0.29) is 0 Å². The number of nitrogens with one attached hydrogen (secondary N) is 1. The number of allylic oxidation sites excluding steroid dienone is 3. The summed E-state index contributed by atoms with van der Waals surface area (Å²) < 4.78 is 0. The molecule has 1 nitrogen and oxygen atoms in total. The molecule has 1 heterocycles. The first-order valence-corrected chi connectivity index (χ1v) is 9.11. The van der Waals surface area contributed by atoms with Crippen molar-refractivity contribution >= 4 is 10.9 Å². The zero-order chi connectivity index (χ0) is 16.5. The lowest BCUT2D eigenvalue weighted by molar-refractivity contribution is 0.640. The van der Waals surface area contributed by atoms with Crippen molar-refractivity contribution in [3.63, 3.8) is 0 Å². The fourth-order valence-corrected chi connectivity index (χ4v) is 3.45. The van der Waals surface area contributed by atoms with Crippen molar-refractivity contribution in [2.24, 2.45) is 0 Å². The number of H-pyrrole nitrogens is 1. The normalized spacial score (nSPS) is 13.0. The average Bonchev–Trinajstić information content (AvgIpc) is 2.89. The molecule has 1 N–H and O–H groups in total. The molecular formula is C22H31N. The molecule has 0 saturated carbocycles. The summed E-state index contributed by atoms with van der Waals surface area (Å²) in [5.74, 6) is 0.559. The van der Waals surface area contributed by atoms with Gasteiger partial charge in [-0.1, -0.05) is 56.2 Å². The highest BCUT2D eigenvalue weighted by molar-refractivity contribution is 5.85. The quantitative estimate of drug-likeness (QED) is 0.357. The summed E-state index contributed by atoms with van der Waals surface area (Å²) in [5.41, 5.74) is 4.05. The zero-order valence-corrected chi connectivity index (χ0v) is 14.8. The third kappa shape index (κ3) is 4.86. The lowest BCUT2D eigenvalue weighted by Gasteiger charge is -2.15. The van der Waals surface area contributed by atoms with Crippen LogP contribution in [0.5, 0.6) is 0 Å². The predicted molar refractivity (Wildman–Crippen MR) is 103 cm³/mol. The second-order valence-electron chi connectivity index (χ2n) is 6.48. The number of aryl methyl sites for hydroxylation is 1. The first-order valence-electron chi connectivity index (χ1n) is 9.11. The Morgan fingerprint density at radius 1 is 1.13 bits per heavy atom. The van der Waals surface area contributed by atoms with Gasteiger partial charge in [0.2, 0.25) is 0 Å². The minimum atomic E-state index is 0.559. The van der Waals surface area contributed by atoms with Gasteiger partial charge in [-0.15, -0.1) is 6.58 Å². The zero-order valence-electron chi connectivity index (χ0n) is 14.8. The number of benzene rings is 1. The summed E-state index contributed by atoms with van der Waals surface area (Å²) >= 11 is 0. The summed E-state index contributed by atoms with van der Waals surface area (Å²) in [6, 6.07) is 8.65. The van der Waals surface area contributed by atoms with E-state index in [9.17, 15) is 0 Å². The van der Waals surface area contributed by atoms with Gasteiger partial charge >= 0.3 is 0 Å². The van der Waals surface area contributed by atoms with Gasteiger partial charge in [-0.05, 0) is 56.6 Å². The van der Waals surface area contributed by atoms with E-state index in [1.807, 2.05) is 0 Å². The van der Waals surface area contributed by atoms with Gasteiger partial charge in [0.15, 0.2) is 0 Å². The highest BCUT2D eigenvalue weighted by atomic mass is 14.7. The topological polar surface area (TPSA) is 15.8 Å². The first kappa shape index (κ1) is 17.6. The highest BCUT2D eigenvalue weighted by Gasteiger charge is 2.17. The average molecular weight is 309 g/mol. The van der Waals surface area contributed by atoms with Gasteiger partial charge in [0.1, 0.15) is 0 Å². The van der Waals surface area contributed by atoms with Gasteiger partial charge in [0, 0.05) is 16.6 Å². The molecule has 124 valence electrons. The SMILES string of the molecule is C=CCC(CC/C=C\CCCCC)c1c(C)[nH]c2ccccc12. The molecule has 0 bridgehead atoms. The highest BCUT2D eigenvalue weighted by Crippen LogP contribution is 2.34. The number of aromatic nitrogens is 1. The third-order valence-electron chi connectivity index (χ3n) is 4.63. The second-order valence-corrected chi connectivity index (χ2v) is 6.48. The fraction of sp³-hybridized carbons (Fsp3) is 0.455. The Morgan fingerprint density at radius 3 is 2.70 bits per heavy atom. The number of aromatic amines is 1. The minimum absolute atomic E-state index is 0.559. The standard InChI is InChI=1S/C22H31N/c1-4-6-7-8-9-10-11-15-19(14-5-2)22-18(3)23-21-17-13-12-16-20(21)22/h5,9-10,12-13,16-17,19,23H,2,4,6-8,11,14-15H2,1,3H3/b10-9-. The Hall–Kier alpha value is -1.76. The van der Waals surface area contributed by atoms with Crippen LogP contribution in [0.4, 0.5) is 0 Å². The monoisotopic (exact) mass is 309 g/mol. The van der Waals surface area contributed by atoms with Crippen molar-refractivity contribution in [1.29, 1.82) is 0 Å². The molecule has 2 aromatic rings. The molecule has 1 unspecified atom stereocenters. The molecule has 1 heteroatoms. The lowest BCUT2D eigenvalue weighted by atomic mass is 9.89. The Kier molecular flexibility index (Phi) is 7.19. The maximum atomic E-state index is 3.97. The van der Waals surface area contributed by atoms with Crippen molar-refractivity contribution in [3.05, 3.63) is 60.3 Å². The number of hydrogen-bond acceptors (Lipinski definition) is 0. The Morgan fingerprint density at radius 2 is 1.91 bits per heavy atom. The van der Waals surface area contributed by atoms with Gasteiger partial charge < -0.3 is 4.98 Å².